The van der Waals surface area contributed by atoms with Crippen molar-refractivity contribution in [2.45, 2.75) is 32.0 Å². The first-order valence-corrected chi connectivity index (χ1v) is 6.38. The molecule has 1 fully saturated rings. The first-order valence-electron chi connectivity index (χ1n) is 6.38. The summed E-state index contributed by atoms with van der Waals surface area (Å²) in [5, 5.41) is 9.00. The number of aromatic carboxylic acids is 1. The van der Waals surface area contributed by atoms with Gasteiger partial charge in [-0.2, -0.15) is 0 Å². The molecule has 4 nitrogen and oxygen atoms in total. The van der Waals surface area contributed by atoms with E-state index in [0.29, 0.717) is 12.2 Å². The molecule has 19 heavy (non-hydrogen) atoms. The van der Waals surface area contributed by atoms with Crippen molar-refractivity contribution in [1.82, 2.24) is 0 Å². The molecule has 1 aliphatic rings. The topological polar surface area (TPSA) is 55.8 Å². The summed E-state index contributed by atoms with van der Waals surface area (Å²) in [5.41, 5.74) is 0.425. The molecule has 0 saturated carbocycles. The van der Waals surface area contributed by atoms with Gasteiger partial charge in [0.05, 0.1) is 24.9 Å². The van der Waals surface area contributed by atoms with Crippen molar-refractivity contribution in [2.75, 3.05) is 13.2 Å². The Labute approximate surface area is 111 Å². The number of carboxylic acids is 1. The number of halogens is 1. The van der Waals surface area contributed by atoms with E-state index in [1.165, 1.54) is 12.1 Å². The van der Waals surface area contributed by atoms with Gasteiger partial charge in [0.2, 0.25) is 0 Å². The van der Waals surface area contributed by atoms with E-state index in [1.807, 2.05) is 0 Å². The van der Waals surface area contributed by atoms with Crippen LogP contribution in [-0.4, -0.2) is 30.4 Å². The first-order chi connectivity index (χ1) is 9.16. The molecule has 104 valence electrons. The van der Waals surface area contributed by atoms with Gasteiger partial charge >= 0.3 is 5.97 Å². The van der Waals surface area contributed by atoms with Gasteiger partial charge in [-0.1, -0.05) is 0 Å². The van der Waals surface area contributed by atoms with Gasteiger partial charge < -0.3 is 14.6 Å². The van der Waals surface area contributed by atoms with Gasteiger partial charge in [0.15, 0.2) is 0 Å². The summed E-state index contributed by atoms with van der Waals surface area (Å²) in [7, 11) is 0. The summed E-state index contributed by atoms with van der Waals surface area (Å²) in [6.45, 7) is 1.24. The standard InChI is InChI=1S/C14H17FO4/c15-11-4-5-13(14(16)17)10(7-11)8-18-9-12-3-1-2-6-19-12/h4-5,7,12H,1-3,6,8-9H2,(H,16,17). The summed E-state index contributed by atoms with van der Waals surface area (Å²) in [6.07, 6.45) is 3.21. The second kappa shape index (κ2) is 6.63. The average molecular weight is 268 g/mol. The van der Waals surface area contributed by atoms with Crippen LogP contribution >= 0.6 is 0 Å². The van der Waals surface area contributed by atoms with Crippen molar-refractivity contribution in [3.8, 4) is 0 Å². The maximum absolute atomic E-state index is 13.1. The van der Waals surface area contributed by atoms with Crippen LogP contribution in [0.1, 0.15) is 35.2 Å². The highest BCUT2D eigenvalue weighted by Gasteiger charge is 2.15. The zero-order valence-corrected chi connectivity index (χ0v) is 10.6. The summed E-state index contributed by atoms with van der Waals surface area (Å²) in [6, 6.07) is 3.59. The number of hydrogen-bond donors (Lipinski definition) is 1. The SMILES string of the molecule is O=C(O)c1ccc(F)cc1COCC1CCCCO1. The minimum atomic E-state index is -1.08. The van der Waals surface area contributed by atoms with Crippen molar-refractivity contribution >= 4 is 5.97 Å². The molecule has 1 heterocycles. The van der Waals surface area contributed by atoms with Crippen molar-refractivity contribution in [2.24, 2.45) is 0 Å². The van der Waals surface area contributed by atoms with Crippen molar-refractivity contribution in [3.05, 3.63) is 35.1 Å². The zero-order chi connectivity index (χ0) is 13.7. The Kier molecular flexibility index (Phi) is 4.87. The molecule has 0 bridgehead atoms. The summed E-state index contributed by atoms with van der Waals surface area (Å²) in [4.78, 5) is 11.0. The highest BCUT2D eigenvalue weighted by Crippen LogP contribution is 2.16. The van der Waals surface area contributed by atoms with Gasteiger partial charge in [-0.15, -0.1) is 0 Å². The maximum atomic E-state index is 13.1. The van der Waals surface area contributed by atoms with E-state index in [9.17, 15) is 9.18 Å². The van der Waals surface area contributed by atoms with E-state index in [4.69, 9.17) is 14.6 Å². The Balaban J connectivity index is 1.91. The zero-order valence-electron chi connectivity index (χ0n) is 10.6. The van der Waals surface area contributed by atoms with Crippen LogP contribution in [0.3, 0.4) is 0 Å². The number of ether oxygens (including phenoxy) is 2. The summed E-state index contributed by atoms with van der Waals surface area (Å²) >= 11 is 0. The normalized spacial score (nSPS) is 19.3. The van der Waals surface area contributed by atoms with Crippen molar-refractivity contribution < 1.29 is 23.8 Å². The Hall–Kier alpha value is -1.46. The van der Waals surface area contributed by atoms with E-state index in [2.05, 4.69) is 0 Å². The van der Waals surface area contributed by atoms with Crippen LogP contribution < -0.4 is 0 Å². The largest absolute Gasteiger partial charge is 0.478 e. The summed E-state index contributed by atoms with van der Waals surface area (Å²) < 4.78 is 24.1. The van der Waals surface area contributed by atoms with Gasteiger partial charge in [-0.25, -0.2) is 9.18 Å². The fraction of sp³-hybridized carbons (Fsp3) is 0.500. The second-order valence-corrected chi connectivity index (χ2v) is 4.61. The molecule has 1 aromatic rings. The molecular formula is C14H17FO4. The molecule has 1 unspecified atom stereocenters. The third-order valence-electron chi connectivity index (χ3n) is 3.13. The summed E-state index contributed by atoms with van der Waals surface area (Å²) in [5.74, 6) is -1.54. The third-order valence-corrected chi connectivity index (χ3v) is 3.13. The lowest BCUT2D eigenvalue weighted by Gasteiger charge is -2.22. The number of benzene rings is 1. The van der Waals surface area contributed by atoms with E-state index >= 15 is 0 Å². The Bertz CT molecular complexity index is 441. The lowest BCUT2D eigenvalue weighted by atomic mass is 10.1. The molecule has 0 amide bonds. The van der Waals surface area contributed by atoms with Gasteiger partial charge in [0, 0.05) is 6.61 Å². The van der Waals surface area contributed by atoms with Crippen LogP contribution in [0.4, 0.5) is 4.39 Å². The predicted molar refractivity (Wildman–Crippen MR) is 66.6 cm³/mol. The molecule has 5 heteroatoms. The molecule has 1 aliphatic heterocycles. The first kappa shape index (κ1) is 14.0. The number of carboxylic acid groups (broad SMARTS) is 1. The van der Waals surface area contributed by atoms with E-state index in [-0.39, 0.29) is 18.3 Å². The van der Waals surface area contributed by atoms with Crippen LogP contribution in [0.5, 0.6) is 0 Å². The van der Waals surface area contributed by atoms with Crippen molar-refractivity contribution in [1.29, 1.82) is 0 Å². The van der Waals surface area contributed by atoms with Gasteiger partial charge in [0.1, 0.15) is 5.82 Å². The fourth-order valence-corrected chi connectivity index (χ4v) is 2.13. The number of hydrogen-bond acceptors (Lipinski definition) is 3. The molecule has 1 aromatic carbocycles. The molecule has 0 aliphatic carbocycles. The number of carbonyl (C=O) groups is 1. The number of rotatable bonds is 5. The second-order valence-electron chi connectivity index (χ2n) is 4.61. The Morgan fingerprint density at radius 1 is 1.47 bits per heavy atom. The van der Waals surface area contributed by atoms with E-state index in [1.54, 1.807) is 0 Å². The molecule has 1 saturated heterocycles. The minimum absolute atomic E-state index is 0.0654. The van der Waals surface area contributed by atoms with Crippen LogP contribution in [0.25, 0.3) is 0 Å². The molecule has 1 N–H and O–H groups in total. The van der Waals surface area contributed by atoms with Gasteiger partial charge in [0.25, 0.3) is 0 Å². The molecule has 0 radical (unpaired) electrons. The highest BCUT2D eigenvalue weighted by molar-refractivity contribution is 5.89. The molecule has 2 rings (SSSR count). The van der Waals surface area contributed by atoms with Crippen molar-refractivity contribution in [3.63, 3.8) is 0 Å². The smallest absolute Gasteiger partial charge is 0.336 e. The van der Waals surface area contributed by atoms with Crippen LogP contribution in [-0.2, 0) is 16.1 Å². The molecule has 0 aromatic heterocycles. The monoisotopic (exact) mass is 268 g/mol. The Morgan fingerprint density at radius 3 is 3.00 bits per heavy atom. The van der Waals surface area contributed by atoms with E-state index < -0.39 is 11.8 Å². The average Bonchev–Trinajstić information content (AvgIpc) is 2.39. The van der Waals surface area contributed by atoms with Crippen LogP contribution in [0.15, 0.2) is 18.2 Å². The Morgan fingerprint density at radius 2 is 2.32 bits per heavy atom. The quantitative estimate of drug-likeness (QED) is 0.891. The van der Waals surface area contributed by atoms with Crippen LogP contribution in [0.2, 0.25) is 0 Å². The lowest BCUT2D eigenvalue weighted by molar-refractivity contribution is -0.0448. The fourth-order valence-electron chi connectivity index (χ4n) is 2.13. The van der Waals surface area contributed by atoms with E-state index in [0.717, 1.165) is 31.9 Å². The maximum Gasteiger partial charge on any atom is 0.336 e. The highest BCUT2D eigenvalue weighted by atomic mass is 19.1. The van der Waals surface area contributed by atoms with Gasteiger partial charge in [-0.05, 0) is 43.0 Å². The predicted octanol–water partition coefficient (Wildman–Crippen LogP) is 2.61. The molecule has 0 spiro atoms. The third kappa shape index (κ3) is 4.01. The lowest BCUT2D eigenvalue weighted by Crippen LogP contribution is -2.24. The van der Waals surface area contributed by atoms with Gasteiger partial charge in [-0.3, -0.25) is 0 Å². The minimum Gasteiger partial charge on any atom is -0.478 e. The van der Waals surface area contributed by atoms with Crippen LogP contribution in [0, 0.1) is 5.82 Å². The molecular weight excluding hydrogens is 251 g/mol. The molecule has 1 atom stereocenters.